The van der Waals surface area contributed by atoms with Gasteiger partial charge in [0.15, 0.2) is 0 Å². The van der Waals surface area contributed by atoms with Crippen molar-refractivity contribution in [2.45, 2.75) is 25.9 Å². The van der Waals surface area contributed by atoms with Crippen molar-refractivity contribution in [3.05, 3.63) is 41.4 Å². The fraction of sp³-hybridized carbons (Fsp3) is 0.357. The highest BCUT2D eigenvalue weighted by Gasteiger charge is 2.39. The molecule has 0 unspecified atom stereocenters. The van der Waals surface area contributed by atoms with Crippen molar-refractivity contribution >= 4 is 17.5 Å². The van der Waals surface area contributed by atoms with Crippen LogP contribution >= 0.6 is 0 Å². The summed E-state index contributed by atoms with van der Waals surface area (Å²) < 4.78 is 4.65. The number of hydrogen-bond acceptors (Lipinski definition) is 4. The molecule has 0 saturated carbocycles. The minimum absolute atomic E-state index is 0.0514. The Balaban J connectivity index is 3.13. The Morgan fingerprint density at radius 3 is 2.40 bits per heavy atom. The van der Waals surface area contributed by atoms with Crippen LogP contribution in [-0.4, -0.2) is 40.1 Å². The molecule has 0 aromatic heterocycles. The van der Waals surface area contributed by atoms with Gasteiger partial charge in [-0.2, -0.15) is 4.79 Å². The first-order chi connectivity index (χ1) is 9.52. The van der Waals surface area contributed by atoms with Crippen LogP contribution < -0.4 is 0 Å². The second-order valence-corrected chi connectivity index (χ2v) is 4.16. The molecule has 0 fully saturated rings. The minimum atomic E-state index is -1.05. The van der Waals surface area contributed by atoms with Crippen LogP contribution in [0.15, 0.2) is 30.3 Å². The number of rotatable bonds is 6. The Bertz CT molecular complexity index is 533. The number of benzene rings is 1. The fourth-order valence-corrected chi connectivity index (χ4v) is 1.85. The molecule has 0 heterocycles. The van der Waals surface area contributed by atoms with Crippen LogP contribution in [0, 0.1) is 0 Å². The van der Waals surface area contributed by atoms with Crippen LogP contribution in [0.4, 0.5) is 0 Å². The summed E-state index contributed by atoms with van der Waals surface area (Å²) in [4.78, 5) is 26.6. The number of nitrogens with zero attached hydrogens (tertiary/aromatic N) is 2. The van der Waals surface area contributed by atoms with Gasteiger partial charge in [0.05, 0.1) is 18.6 Å². The van der Waals surface area contributed by atoms with Crippen LogP contribution in [0.5, 0.6) is 0 Å². The maximum Gasteiger partial charge on any atom is 0.442 e. The molecule has 0 saturated heterocycles. The normalized spacial score (nSPS) is 12.9. The molecule has 1 N–H and O–H groups in total. The van der Waals surface area contributed by atoms with Crippen LogP contribution in [0.3, 0.4) is 0 Å². The number of esters is 1. The quantitative estimate of drug-likeness (QED) is 0.275. The molecule has 1 aromatic carbocycles. The minimum Gasteiger partial charge on any atom is -0.457 e. The molecular weight excluding hydrogens is 260 g/mol. The molecule has 106 valence electrons. The zero-order valence-corrected chi connectivity index (χ0v) is 11.3. The summed E-state index contributed by atoms with van der Waals surface area (Å²) in [5, 5.41) is 9.78. The highest BCUT2D eigenvalue weighted by molar-refractivity contribution is 6.63. The molecule has 20 heavy (non-hydrogen) atoms. The van der Waals surface area contributed by atoms with Gasteiger partial charge in [0.25, 0.3) is 5.78 Å². The van der Waals surface area contributed by atoms with Crippen LogP contribution in [-0.2, 0) is 14.3 Å². The monoisotopic (exact) mass is 276 g/mol. The number of ketones is 1. The van der Waals surface area contributed by atoms with Gasteiger partial charge >= 0.3 is 11.7 Å². The SMILES string of the molecule is CCOC(=O)C(=[N+]=[N-])C(=O)[C@H](c1ccccc1)[C@H](C)O. The molecule has 1 aromatic rings. The molecule has 0 bridgehead atoms. The van der Waals surface area contributed by atoms with E-state index in [1.165, 1.54) is 6.92 Å². The Morgan fingerprint density at radius 1 is 1.35 bits per heavy atom. The van der Waals surface area contributed by atoms with E-state index in [9.17, 15) is 14.7 Å². The average Bonchev–Trinajstić information content (AvgIpc) is 2.40. The number of aliphatic hydroxyl groups is 1. The number of carbonyl (C=O) groups is 2. The Labute approximate surface area is 116 Å². The molecule has 6 nitrogen and oxygen atoms in total. The number of hydrogen-bond donors (Lipinski definition) is 1. The van der Waals surface area contributed by atoms with Gasteiger partial charge in [0.2, 0.25) is 0 Å². The third-order valence-corrected chi connectivity index (χ3v) is 2.73. The van der Waals surface area contributed by atoms with E-state index in [1.807, 2.05) is 0 Å². The van der Waals surface area contributed by atoms with Crippen molar-refractivity contribution in [1.82, 2.24) is 0 Å². The lowest BCUT2D eigenvalue weighted by Gasteiger charge is -2.16. The predicted octanol–water partition coefficient (Wildman–Crippen LogP) is 0.954. The van der Waals surface area contributed by atoms with Gasteiger partial charge in [-0.15, -0.1) is 0 Å². The van der Waals surface area contributed by atoms with Crippen molar-refractivity contribution in [3.63, 3.8) is 0 Å². The number of carbonyl (C=O) groups excluding carboxylic acids is 2. The van der Waals surface area contributed by atoms with E-state index < -0.39 is 29.5 Å². The summed E-state index contributed by atoms with van der Waals surface area (Å²) in [6, 6.07) is 8.47. The van der Waals surface area contributed by atoms with E-state index in [0.29, 0.717) is 5.56 Å². The maximum absolute atomic E-state index is 12.3. The van der Waals surface area contributed by atoms with Gasteiger partial charge in [-0.1, -0.05) is 30.3 Å². The Morgan fingerprint density at radius 2 is 1.95 bits per heavy atom. The van der Waals surface area contributed by atoms with E-state index >= 15 is 0 Å². The molecule has 0 radical (unpaired) electrons. The van der Waals surface area contributed by atoms with E-state index in [4.69, 9.17) is 5.53 Å². The summed E-state index contributed by atoms with van der Waals surface area (Å²) in [5.74, 6) is -2.79. The Kier molecular flexibility index (Phi) is 5.77. The molecule has 0 aliphatic rings. The Hall–Kier alpha value is -2.30. The van der Waals surface area contributed by atoms with Crippen LogP contribution in [0.25, 0.3) is 5.53 Å². The van der Waals surface area contributed by atoms with Crippen molar-refractivity contribution < 1.29 is 24.2 Å². The summed E-state index contributed by atoms with van der Waals surface area (Å²) in [7, 11) is 0. The van der Waals surface area contributed by atoms with Gasteiger partial charge in [-0.3, -0.25) is 4.79 Å². The second kappa shape index (κ2) is 7.33. The predicted molar refractivity (Wildman–Crippen MR) is 71.1 cm³/mol. The zero-order chi connectivity index (χ0) is 15.1. The molecule has 0 amide bonds. The highest BCUT2D eigenvalue weighted by atomic mass is 16.5. The van der Waals surface area contributed by atoms with Crippen molar-refractivity contribution in [2.24, 2.45) is 0 Å². The standard InChI is InChI=1S/C14H16N2O4/c1-3-20-14(19)12(16-15)13(18)11(9(2)17)10-7-5-4-6-8-10/h4-9,11,17H,3H2,1-2H3/t9-,11-/m0/s1. The molecule has 2 atom stereocenters. The fourth-order valence-electron chi connectivity index (χ4n) is 1.85. The van der Waals surface area contributed by atoms with E-state index in [0.717, 1.165) is 0 Å². The third kappa shape index (κ3) is 3.60. The largest absolute Gasteiger partial charge is 0.457 e. The van der Waals surface area contributed by atoms with Crippen molar-refractivity contribution in [3.8, 4) is 0 Å². The first-order valence-electron chi connectivity index (χ1n) is 6.19. The van der Waals surface area contributed by atoms with Gasteiger partial charge < -0.3 is 15.4 Å². The topological polar surface area (TPSA) is 100 Å². The van der Waals surface area contributed by atoms with Crippen LogP contribution in [0.2, 0.25) is 0 Å². The first-order valence-corrected chi connectivity index (χ1v) is 6.19. The molecule has 1 rings (SSSR count). The molecule has 0 aliphatic carbocycles. The maximum atomic E-state index is 12.3. The molecule has 0 spiro atoms. The summed E-state index contributed by atoms with van der Waals surface area (Å²) in [6.07, 6.45) is -1.05. The van der Waals surface area contributed by atoms with Gasteiger partial charge in [0, 0.05) is 0 Å². The van der Waals surface area contributed by atoms with Gasteiger partial charge in [0.1, 0.15) is 0 Å². The molecule has 0 aliphatic heterocycles. The lowest BCUT2D eigenvalue weighted by Crippen LogP contribution is -2.35. The smallest absolute Gasteiger partial charge is 0.442 e. The zero-order valence-electron chi connectivity index (χ0n) is 11.3. The van der Waals surface area contributed by atoms with Crippen molar-refractivity contribution in [2.75, 3.05) is 6.61 Å². The molecular formula is C14H16N2O4. The summed E-state index contributed by atoms with van der Waals surface area (Å²) in [5.41, 5.74) is 8.66. The second-order valence-electron chi connectivity index (χ2n) is 4.16. The van der Waals surface area contributed by atoms with Gasteiger partial charge in [-0.05, 0) is 19.4 Å². The summed E-state index contributed by atoms with van der Waals surface area (Å²) >= 11 is 0. The van der Waals surface area contributed by atoms with Gasteiger partial charge in [-0.25, -0.2) is 4.79 Å². The highest BCUT2D eigenvalue weighted by Crippen LogP contribution is 2.21. The molecule has 6 heteroatoms. The first kappa shape index (κ1) is 15.8. The van der Waals surface area contributed by atoms with E-state index in [1.54, 1.807) is 37.3 Å². The number of aliphatic hydroxyl groups excluding tert-OH is 1. The van der Waals surface area contributed by atoms with Crippen molar-refractivity contribution in [1.29, 1.82) is 0 Å². The lowest BCUT2D eigenvalue weighted by atomic mass is 9.88. The third-order valence-electron chi connectivity index (χ3n) is 2.73. The van der Waals surface area contributed by atoms with Crippen LogP contribution in [0.1, 0.15) is 25.3 Å². The lowest BCUT2D eigenvalue weighted by molar-refractivity contribution is -0.142. The number of ether oxygens (including phenoxy) is 1. The van der Waals surface area contributed by atoms with E-state index in [-0.39, 0.29) is 6.61 Å². The average molecular weight is 276 g/mol. The number of Topliss-reactive ketones (excluding diaryl/α,β-unsaturated/α-hetero) is 1. The van der Waals surface area contributed by atoms with E-state index in [2.05, 4.69) is 9.53 Å². The summed E-state index contributed by atoms with van der Waals surface area (Å²) in [6.45, 7) is 3.05.